The molecule has 1 aromatic carbocycles. The Morgan fingerprint density at radius 1 is 1.38 bits per heavy atom. The van der Waals surface area contributed by atoms with Crippen LogP contribution in [0, 0.1) is 5.92 Å². The summed E-state index contributed by atoms with van der Waals surface area (Å²) in [4.78, 5) is 13.8. The Kier molecular flexibility index (Phi) is 4.25. The predicted octanol–water partition coefficient (Wildman–Crippen LogP) is 5.43. The molecule has 0 fully saturated rings. The molecule has 3 rings (SSSR count). The zero-order valence-corrected chi connectivity index (χ0v) is 13.9. The van der Waals surface area contributed by atoms with Gasteiger partial charge in [0.1, 0.15) is 0 Å². The SMILES string of the molecule is CC1CCc2c(C(=O)Nc3cc(Cl)ccc3Cl)csc2C1. The molecule has 5 heteroatoms. The van der Waals surface area contributed by atoms with E-state index in [0.29, 0.717) is 21.7 Å². The molecule has 1 atom stereocenters. The van der Waals surface area contributed by atoms with Crippen molar-refractivity contribution in [2.75, 3.05) is 5.32 Å². The van der Waals surface area contributed by atoms with Gasteiger partial charge in [0.2, 0.25) is 0 Å². The number of anilines is 1. The third-order valence-electron chi connectivity index (χ3n) is 3.82. The van der Waals surface area contributed by atoms with Gasteiger partial charge in [0.25, 0.3) is 5.91 Å². The van der Waals surface area contributed by atoms with Crippen molar-refractivity contribution in [3.63, 3.8) is 0 Å². The molecule has 1 aromatic heterocycles. The minimum Gasteiger partial charge on any atom is -0.321 e. The summed E-state index contributed by atoms with van der Waals surface area (Å²) in [5, 5.41) is 5.86. The van der Waals surface area contributed by atoms with Crippen molar-refractivity contribution in [3.05, 3.63) is 49.6 Å². The van der Waals surface area contributed by atoms with Gasteiger partial charge in [-0.1, -0.05) is 30.1 Å². The summed E-state index contributed by atoms with van der Waals surface area (Å²) in [6, 6.07) is 5.06. The fourth-order valence-corrected chi connectivity index (χ4v) is 4.23. The number of thiophene rings is 1. The van der Waals surface area contributed by atoms with Crippen molar-refractivity contribution >= 4 is 46.1 Å². The summed E-state index contributed by atoms with van der Waals surface area (Å²) in [5.41, 5.74) is 2.53. The van der Waals surface area contributed by atoms with Crippen LogP contribution in [0.4, 0.5) is 5.69 Å². The van der Waals surface area contributed by atoms with Crippen molar-refractivity contribution in [3.8, 4) is 0 Å². The van der Waals surface area contributed by atoms with Gasteiger partial charge in [-0.3, -0.25) is 4.79 Å². The molecule has 1 aliphatic carbocycles. The second kappa shape index (κ2) is 5.99. The van der Waals surface area contributed by atoms with E-state index < -0.39 is 0 Å². The van der Waals surface area contributed by atoms with E-state index in [1.165, 1.54) is 10.4 Å². The molecule has 1 heterocycles. The number of nitrogens with one attached hydrogen (secondary N) is 1. The quantitative estimate of drug-likeness (QED) is 0.776. The molecule has 0 bridgehead atoms. The second-order valence-corrected chi connectivity index (χ2v) is 7.29. The number of fused-ring (bicyclic) bond motifs is 1. The molecule has 0 radical (unpaired) electrons. The topological polar surface area (TPSA) is 29.1 Å². The molecule has 2 aromatic rings. The van der Waals surface area contributed by atoms with Gasteiger partial charge in [0.05, 0.1) is 16.3 Å². The maximum Gasteiger partial charge on any atom is 0.256 e. The number of rotatable bonds is 2. The minimum absolute atomic E-state index is 0.105. The Labute approximate surface area is 138 Å². The van der Waals surface area contributed by atoms with E-state index in [-0.39, 0.29) is 5.91 Å². The van der Waals surface area contributed by atoms with Gasteiger partial charge in [0, 0.05) is 15.3 Å². The number of amides is 1. The molecule has 110 valence electrons. The minimum atomic E-state index is -0.105. The summed E-state index contributed by atoms with van der Waals surface area (Å²) < 4.78 is 0. The van der Waals surface area contributed by atoms with Crippen LogP contribution in [-0.4, -0.2) is 5.91 Å². The Morgan fingerprint density at radius 2 is 2.19 bits per heavy atom. The van der Waals surface area contributed by atoms with E-state index in [1.54, 1.807) is 29.5 Å². The molecule has 0 spiro atoms. The summed E-state index contributed by atoms with van der Waals surface area (Å²) in [6.07, 6.45) is 3.19. The summed E-state index contributed by atoms with van der Waals surface area (Å²) in [7, 11) is 0. The van der Waals surface area contributed by atoms with E-state index in [1.807, 2.05) is 5.38 Å². The highest BCUT2D eigenvalue weighted by Crippen LogP contribution is 2.34. The van der Waals surface area contributed by atoms with Crippen LogP contribution in [0.25, 0.3) is 0 Å². The smallest absolute Gasteiger partial charge is 0.256 e. The summed E-state index contributed by atoms with van der Waals surface area (Å²) >= 11 is 13.7. The van der Waals surface area contributed by atoms with Crippen LogP contribution in [0.3, 0.4) is 0 Å². The number of benzene rings is 1. The highest BCUT2D eigenvalue weighted by Gasteiger charge is 2.23. The average Bonchev–Trinajstić information content (AvgIpc) is 2.85. The fraction of sp³-hybridized carbons (Fsp3) is 0.312. The van der Waals surface area contributed by atoms with Crippen LogP contribution in [0.1, 0.15) is 34.1 Å². The first-order chi connectivity index (χ1) is 10.0. The highest BCUT2D eigenvalue weighted by molar-refractivity contribution is 7.10. The Morgan fingerprint density at radius 3 is 3.00 bits per heavy atom. The van der Waals surface area contributed by atoms with Crippen LogP contribution in [0.15, 0.2) is 23.6 Å². The van der Waals surface area contributed by atoms with Gasteiger partial charge in [-0.25, -0.2) is 0 Å². The first-order valence-corrected chi connectivity index (χ1v) is 8.54. The standard InChI is InChI=1S/C16H15Cl2NOS/c1-9-2-4-11-12(8-21-15(11)6-9)16(20)19-14-7-10(17)3-5-13(14)18/h3,5,7-9H,2,4,6H2,1H3,(H,19,20). The first-order valence-electron chi connectivity index (χ1n) is 6.90. The molecule has 1 aliphatic rings. The zero-order chi connectivity index (χ0) is 15.0. The van der Waals surface area contributed by atoms with Crippen molar-refractivity contribution in [2.24, 2.45) is 5.92 Å². The van der Waals surface area contributed by atoms with E-state index in [0.717, 1.165) is 24.8 Å². The molecule has 21 heavy (non-hydrogen) atoms. The lowest BCUT2D eigenvalue weighted by Crippen LogP contribution is -2.16. The molecule has 1 amide bonds. The van der Waals surface area contributed by atoms with Gasteiger partial charge < -0.3 is 5.32 Å². The molecule has 0 saturated carbocycles. The van der Waals surface area contributed by atoms with E-state index in [9.17, 15) is 4.79 Å². The number of hydrogen-bond donors (Lipinski definition) is 1. The number of carbonyl (C=O) groups excluding carboxylic acids is 1. The van der Waals surface area contributed by atoms with Crippen LogP contribution in [-0.2, 0) is 12.8 Å². The van der Waals surface area contributed by atoms with Crippen molar-refractivity contribution in [2.45, 2.75) is 26.2 Å². The molecular weight excluding hydrogens is 325 g/mol. The lowest BCUT2D eigenvalue weighted by molar-refractivity contribution is 0.102. The molecule has 1 N–H and O–H groups in total. The number of halogens is 2. The summed E-state index contributed by atoms with van der Waals surface area (Å²) in [5.74, 6) is 0.598. The Bertz CT molecular complexity index is 696. The van der Waals surface area contributed by atoms with Gasteiger partial charge in [-0.2, -0.15) is 0 Å². The van der Waals surface area contributed by atoms with Crippen molar-refractivity contribution in [1.82, 2.24) is 0 Å². The van der Waals surface area contributed by atoms with E-state index in [2.05, 4.69) is 12.2 Å². The molecule has 0 aliphatic heterocycles. The van der Waals surface area contributed by atoms with Crippen molar-refractivity contribution < 1.29 is 4.79 Å². The number of carbonyl (C=O) groups is 1. The van der Waals surface area contributed by atoms with Gasteiger partial charge >= 0.3 is 0 Å². The van der Waals surface area contributed by atoms with Crippen LogP contribution < -0.4 is 5.32 Å². The Balaban J connectivity index is 1.85. The van der Waals surface area contributed by atoms with Crippen LogP contribution in [0.5, 0.6) is 0 Å². The number of hydrogen-bond acceptors (Lipinski definition) is 2. The monoisotopic (exact) mass is 339 g/mol. The average molecular weight is 340 g/mol. The third-order valence-corrected chi connectivity index (χ3v) is 5.44. The van der Waals surface area contributed by atoms with E-state index in [4.69, 9.17) is 23.2 Å². The second-order valence-electron chi connectivity index (χ2n) is 5.48. The summed E-state index contributed by atoms with van der Waals surface area (Å²) in [6.45, 7) is 2.26. The van der Waals surface area contributed by atoms with Gasteiger partial charge in [0.15, 0.2) is 0 Å². The van der Waals surface area contributed by atoms with Crippen LogP contribution in [0.2, 0.25) is 10.0 Å². The molecule has 1 unspecified atom stereocenters. The zero-order valence-electron chi connectivity index (χ0n) is 11.6. The first kappa shape index (κ1) is 14.9. The van der Waals surface area contributed by atoms with Crippen LogP contribution >= 0.6 is 34.5 Å². The largest absolute Gasteiger partial charge is 0.321 e. The Hall–Kier alpha value is -1.03. The van der Waals surface area contributed by atoms with Gasteiger partial charge in [-0.15, -0.1) is 11.3 Å². The van der Waals surface area contributed by atoms with Gasteiger partial charge in [-0.05, 0) is 48.9 Å². The maximum atomic E-state index is 12.5. The normalized spacial score (nSPS) is 17.4. The molecule has 0 saturated heterocycles. The van der Waals surface area contributed by atoms with E-state index >= 15 is 0 Å². The highest BCUT2D eigenvalue weighted by atomic mass is 35.5. The third kappa shape index (κ3) is 3.10. The lowest BCUT2D eigenvalue weighted by atomic mass is 9.88. The predicted molar refractivity (Wildman–Crippen MR) is 89.9 cm³/mol. The maximum absolute atomic E-state index is 12.5. The fourth-order valence-electron chi connectivity index (χ4n) is 2.65. The molecule has 2 nitrogen and oxygen atoms in total. The lowest BCUT2D eigenvalue weighted by Gasteiger charge is -2.19. The molecular formula is C16H15Cl2NOS. The van der Waals surface area contributed by atoms with Crippen molar-refractivity contribution in [1.29, 1.82) is 0 Å².